The fourth-order valence-corrected chi connectivity index (χ4v) is 3.68. The molecule has 2 amide bonds. The van der Waals surface area contributed by atoms with Crippen LogP contribution >= 0.6 is 0 Å². The molecule has 1 aliphatic heterocycles. The molecule has 0 aliphatic carbocycles. The zero-order valence-electron chi connectivity index (χ0n) is 16.6. The molecule has 4 rings (SSSR count). The first-order valence-corrected chi connectivity index (χ1v) is 9.60. The number of hydrogen-bond donors (Lipinski definition) is 0. The topological polar surface area (TPSA) is 40.6 Å². The first-order chi connectivity index (χ1) is 14.0. The largest absolute Gasteiger partial charge is 0.342 e. The van der Waals surface area contributed by atoms with E-state index < -0.39 is 0 Å². The SMILES string of the molecule is C=C(c1ccccc1)c1ccc(N(CC)c2ccc3c(c2)C(=O)N(C)C3=O)cc1. The number of rotatable bonds is 5. The molecular weight excluding hydrogens is 360 g/mol. The second-order valence-electron chi connectivity index (χ2n) is 7.03. The van der Waals surface area contributed by atoms with E-state index in [0.717, 1.165) is 39.5 Å². The van der Waals surface area contributed by atoms with Gasteiger partial charge in [-0.2, -0.15) is 0 Å². The molecule has 0 aromatic heterocycles. The molecule has 4 nitrogen and oxygen atoms in total. The number of benzene rings is 3. The fourth-order valence-electron chi connectivity index (χ4n) is 3.68. The third-order valence-electron chi connectivity index (χ3n) is 5.35. The Morgan fingerprint density at radius 1 is 0.828 bits per heavy atom. The van der Waals surface area contributed by atoms with Crippen LogP contribution in [0.15, 0.2) is 79.4 Å². The van der Waals surface area contributed by atoms with Gasteiger partial charge in [0.1, 0.15) is 0 Å². The van der Waals surface area contributed by atoms with E-state index in [2.05, 4.69) is 54.8 Å². The van der Waals surface area contributed by atoms with Gasteiger partial charge in [0, 0.05) is 25.0 Å². The molecule has 0 N–H and O–H groups in total. The van der Waals surface area contributed by atoms with Crippen molar-refractivity contribution in [1.82, 2.24) is 4.90 Å². The third kappa shape index (κ3) is 3.23. The number of carbonyl (C=O) groups excluding carboxylic acids is 2. The summed E-state index contributed by atoms with van der Waals surface area (Å²) in [7, 11) is 1.51. The average molecular weight is 382 g/mol. The summed E-state index contributed by atoms with van der Waals surface area (Å²) in [6.45, 7) is 7.01. The van der Waals surface area contributed by atoms with Crippen LogP contribution in [0.1, 0.15) is 38.8 Å². The first-order valence-electron chi connectivity index (χ1n) is 9.60. The summed E-state index contributed by atoms with van der Waals surface area (Å²) in [5.74, 6) is -0.499. The van der Waals surface area contributed by atoms with Crippen LogP contribution in [0.3, 0.4) is 0 Å². The van der Waals surface area contributed by atoms with E-state index in [-0.39, 0.29) is 11.8 Å². The van der Waals surface area contributed by atoms with E-state index in [9.17, 15) is 9.59 Å². The number of nitrogens with zero attached hydrogens (tertiary/aromatic N) is 2. The van der Waals surface area contributed by atoms with Crippen molar-refractivity contribution in [3.63, 3.8) is 0 Å². The Morgan fingerprint density at radius 2 is 1.41 bits per heavy atom. The molecule has 1 aliphatic rings. The Hall–Kier alpha value is -3.66. The Bertz CT molecular complexity index is 1100. The summed E-state index contributed by atoms with van der Waals surface area (Å²) >= 11 is 0. The fraction of sp³-hybridized carbons (Fsp3) is 0.120. The first kappa shape index (κ1) is 18.7. The van der Waals surface area contributed by atoms with Gasteiger partial charge in [0.25, 0.3) is 11.8 Å². The lowest BCUT2D eigenvalue weighted by atomic mass is 9.99. The summed E-state index contributed by atoms with van der Waals surface area (Å²) in [6.07, 6.45) is 0. The molecule has 0 bridgehead atoms. The van der Waals surface area contributed by atoms with Crippen LogP contribution in [-0.4, -0.2) is 30.3 Å². The highest BCUT2D eigenvalue weighted by molar-refractivity contribution is 6.21. The molecule has 0 fully saturated rings. The van der Waals surface area contributed by atoms with Gasteiger partial charge in [0.05, 0.1) is 11.1 Å². The molecule has 3 aromatic carbocycles. The highest BCUT2D eigenvalue weighted by atomic mass is 16.2. The number of anilines is 2. The van der Waals surface area contributed by atoms with Crippen LogP contribution in [0.2, 0.25) is 0 Å². The normalized spacial score (nSPS) is 12.8. The number of carbonyl (C=O) groups is 2. The van der Waals surface area contributed by atoms with Gasteiger partial charge in [-0.05, 0) is 54.0 Å². The maximum absolute atomic E-state index is 12.3. The Labute approximate surface area is 170 Å². The molecule has 144 valence electrons. The summed E-state index contributed by atoms with van der Waals surface area (Å²) in [6, 6.07) is 23.8. The van der Waals surface area contributed by atoms with Gasteiger partial charge < -0.3 is 4.90 Å². The van der Waals surface area contributed by atoms with Crippen LogP contribution in [0.5, 0.6) is 0 Å². The van der Waals surface area contributed by atoms with Crippen molar-refractivity contribution in [1.29, 1.82) is 0 Å². The molecule has 4 heteroatoms. The Morgan fingerprint density at radius 3 is 2.07 bits per heavy atom. The molecule has 0 saturated carbocycles. The highest BCUT2D eigenvalue weighted by Crippen LogP contribution is 2.32. The van der Waals surface area contributed by atoms with E-state index in [4.69, 9.17) is 0 Å². The summed E-state index contributed by atoms with van der Waals surface area (Å²) < 4.78 is 0. The van der Waals surface area contributed by atoms with E-state index >= 15 is 0 Å². The lowest BCUT2D eigenvalue weighted by Crippen LogP contribution is -2.24. The minimum Gasteiger partial charge on any atom is -0.342 e. The monoisotopic (exact) mass is 382 g/mol. The van der Waals surface area contributed by atoms with Gasteiger partial charge in [-0.1, -0.05) is 49.0 Å². The maximum atomic E-state index is 12.3. The number of fused-ring (bicyclic) bond motifs is 1. The summed E-state index contributed by atoms with van der Waals surface area (Å²) in [5, 5.41) is 0. The van der Waals surface area contributed by atoms with Crippen molar-refractivity contribution in [2.24, 2.45) is 0 Å². The molecule has 29 heavy (non-hydrogen) atoms. The van der Waals surface area contributed by atoms with Crippen LogP contribution in [0.25, 0.3) is 5.57 Å². The van der Waals surface area contributed by atoms with E-state index in [0.29, 0.717) is 11.1 Å². The van der Waals surface area contributed by atoms with Gasteiger partial charge in [0.2, 0.25) is 0 Å². The number of imide groups is 1. The molecule has 0 spiro atoms. The molecule has 1 heterocycles. The maximum Gasteiger partial charge on any atom is 0.261 e. The molecule has 0 saturated heterocycles. The highest BCUT2D eigenvalue weighted by Gasteiger charge is 2.33. The van der Waals surface area contributed by atoms with Crippen LogP contribution < -0.4 is 4.90 Å². The molecule has 0 unspecified atom stereocenters. The van der Waals surface area contributed by atoms with Gasteiger partial charge in [-0.3, -0.25) is 14.5 Å². The van der Waals surface area contributed by atoms with E-state index in [1.165, 1.54) is 7.05 Å². The van der Waals surface area contributed by atoms with E-state index in [1.54, 1.807) is 12.1 Å². The molecule has 3 aromatic rings. The van der Waals surface area contributed by atoms with Gasteiger partial charge in [-0.15, -0.1) is 0 Å². The molecule has 0 atom stereocenters. The standard InChI is InChI=1S/C25H22N2O2/c1-4-27(21-14-15-22-23(16-21)25(29)26(3)24(22)28)20-12-10-19(11-13-20)17(2)18-8-6-5-7-9-18/h5-16H,2,4H2,1,3H3. The van der Waals surface area contributed by atoms with Gasteiger partial charge in [-0.25, -0.2) is 0 Å². The minimum atomic E-state index is -0.252. The Balaban J connectivity index is 1.63. The third-order valence-corrected chi connectivity index (χ3v) is 5.35. The van der Waals surface area contributed by atoms with Crippen molar-refractivity contribution in [2.75, 3.05) is 18.5 Å². The van der Waals surface area contributed by atoms with Gasteiger partial charge in [0.15, 0.2) is 0 Å². The lowest BCUT2D eigenvalue weighted by Gasteiger charge is -2.24. The van der Waals surface area contributed by atoms with Crippen molar-refractivity contribution >= 4 is 28.8 Å². The van der Waals surface area contributed by atoms with Crippen molar-refractivity contribution < 1.29 is 9.59 Å². The minimum absolute atomic E-state index is 0.247. The lowest BCUT2D eigenvalue weighted by molar-refractivity contribution is 0.0693. The number of amides is 2. The second-order valence-corrected chi connectivity index (χ2v) is 7.03. The predicted molar refractivity (Wildman–Crippen MR) is 117 cm³/mol. The van der Waals surface area contributed by atoms with Crippen molar-refractivity contribution in [2.45, 2.75) is 6.92 Å². The smallest absolute Gasteiger partial charge is 0.261 e. The predicted octanol–water partition coefficient (Wildman–Crippen LogP) is 5.13. The second kappa shape index (κ2) is 7.40. The average Bonchev–Trinajstić information content (AvgIpc) is 2.99. The van der Waals surface area contributed by atoms with Crippen LogP contribution in [0.4, 0.5) is 11.4 Å². The number of hydrogen-bond acceptors (Lipinski definition) is 3. The van der Waals surface area contributed by atoms with Gasteiger partial charge >= 0.3 is 0 Å². The van der Waals surface area contributed by atoms with Crippen molar-refractivity contribution in [3.8, 4) is 0 Å². The molecule has 0 radical (unpaired) electrons. The quantitative estimate of drug-likeness (QED) is 0.574. The van der Waals surface area contributed by atoms with Crippen molar-refractivity contribution in [3.05, 3.63) is 102 Å². The summed E-state index contributed by atoms with van der Waals surface area (Å²) in [4.78, 5) is 27.7. The Kier molecular flexibility index (Phi) is 4.77. The zero-order chi connectivity index (χ0) is 20.5. The van der Waals surface area contributed by atoms with Crippen LogP contribution in [-0.2, 0) is 0 Å². The van der Waals surface area contributed by atoms with E-state index in [1.807, 2.05) is 24.3 Å². The van der Waals surface area contributed by atoms with Crippen LogP contribution in [0, 0.1) is 0 Å². The summed E-state index contributed by atoms with van der Waals surface area (Å²) in [5.41, 5.74) is 5.96. The molecular formula is C25H22N2O2. The zero-order valence-corrected chi connectivity index (χ0v) is 16.6.